The summed E-state index contributed by atoms with van der Waals surface area (Å²) in [6.45, 7) is 0.952. The Morgan fingerprint density at radius 3 is 3.06 bits per heavy atom. The van der Waals surface area contributed by atoms with E-state index in [1.807, 2.05) is 0 Å². The van der Waals surface area contributed by atoms with Gasteiger partial charge in [-0.15, -0.1) is 0 Å². The number of rotatable bonds is 3. The maximum atomic E-state index is 13.4. The van der Waals surface area contributed by atoms with Crippen molar-refractivity contribution in [3.63, 3.8) is 0 Å². The van der Waals surface area contributed by atoms with Gasteiger partial charge in [-0.2, -0.15) is 0 Å². The van der Waals surface area contributed by atoms with E-state index in [-0.39, 0.29) is 17.6 Å². The fraction of sp³-hybridized carbons (Fsp3) is 0.417. The fourth-order valence-electron chi connectivity index (χ4n) is 1.95. The van der Waals surface area contributed by atoms with Gasteiger partial charge in [0.2, 0.25) is 5.91 Å². The Labute approximate surface area is 104 Å². The first-order chi connectivity index (χ1) is 8.15. The lowest BCUT2D eigenvalue weighted by Crippen LogP contribution is -2.27. The Bertz CT molecular complexity index is 419. The quantitative estimate of drug-likeness (QED) is 0.873. The van der Waals surface area contributed by atoms with E-state index in [0.717, 1.165) is 19.4 Å². The summed E-state index contributed by atoms with van der Waals surface area (Å²) in [5.74, 6) is -0.684. The van der Waals surface area contributed by atoms with Crippen LogP contribution in [0.3, 0.4) is 0 Å². The van der Waals surface area contributed by atoms with Crippen molar-refractivity contribution in [2.75, 3.05) is 11.9 Å². The Morgan fingerprint density at radius 2 is 2.41 bits per heavy atom. The number of hydrogen-bond donors (Lipinski definition) is 2. The smallest absolute Gasteiger partial charge is 0.226 e. The van der Waals surface area contributed by atoms with Gasteiger partial charge in [-0.1, -0.05) is 11.6 Å². The predicted octanol–water partition coefficient (Wildman–Crippen LogP) is 2.56. The summed E-state index contributed by atoms with van der Waals surface area (Å²) < 4.78 is 13.4. The molecule has 17 heavy (non-hydrogen) atoms. The molecule has 0 spiro atoms. The van der Waals surface area contributed by atoms with Gasteiger partial charge in [0.25, 0.3) is 0 Å². The van der Waals surface area contributed by atoms with Crippen molar-refractivity contribution in [3.8, 4) is 0 Å². The third-order valence-electron chi connectivity index (χ3n) is 2.80. The second kappa shape index (κ2) is 5.47. The number of halogens is 2. The largest absolute Gasteiger partial charge is 0.324 e. The van der Waals surface area contributed by atoms with E-state index in [9.17, 15) is 9.18 Å². The average molecular weight is 257 g/mol. The topological polar surface area (TPSA) is 41.1 Å². The molecule has 0 aliphatic carbocycles. The summed E-state index contributed by atoms with van der Waals surface area (Å²) in [6.07, 6.45) is 2.46. The van der Waals surface area contributed by atoms with Gasteiger partial charge >= 0.3 is 0 Å². The first-order valence-corrected chi connectivity index (χ1v) is 6.01. The van der Waals surface area contributed by atoms with Gasteiger partial charge in [0.05, 0.1) is 5.69 Å². The molecule has 92 valence electrons. The molecule has 1 unspecified atom stereocenters. The number of hydrogen-bond acceptors (Lipinski definition) is 2. The first kappa shape index (κ1) is 12.3. The highest BCUT2D eigenvalue weighted by molar-refractivity contribution is 6.30. The van der Waals surface area contributed by atoms with Crippen molar-refractivity contribution >= 4 is 23.2 Å². The number of amides is 1. The summed E-state index contributed by atoms with van der Waals surface area (Å²) in [5.41, 5.74) is 0.178. The molecule has 1 aromatic rings. The molecule has 2 N–H and O–H groups in total. The highest BCUT2D eigenvalue weighted by Crippen LogP contribution is 2.19. The van der Waals surface area contributed by atoms with Crippen LogP contribution in [-0.4, -0.2) is 18.5 Å². The van der Waals surface area contributed by atoms with Crippen molar-refractivity contribution in [2.24, 2.45) is 0 Å². The summed E-state index contributed by atoms with van der Waals surface area (Å²) in [5, 5.41) is 6.09. The Balaban J connectivity index is 1.93. The molecule has 0 bridgehead atoms. The Kier molecular flexibility index (Phi) is 3.97. The lowest BCUT2D eigenvalue weighted by Gasteiger charge is -2.11. The summed E-state index contributed by atoms with van der Waals surface area (Å²) in [7, 11) is 0. The molecule has 1 aliphatic rings. The molecular weight excluding hydrogens is 243 g/mol. The number of benzene rings is 1. The average Bonchev–Trinajstić information content (AvgIpc) is 2.75. The van der Waals surface area contributed by atoms with Crippen LogP contribution in [0.5, 0.6) is 0 Å². The highest BCUT2D eigenvalue weighted by Gasteiger charge is 2.18. The maximum absolute atomic E-state index is 13.4. The Hall–Kier alpha value is -1.13. The van der Waals surface area contributed by atoms with E-state index in [1.165, 1.54) is 12.1 Å². The molecule has 3 nitrogen and oxygen atoms in total. The standard InChI is InChI=1S/C12H14ClFN2O/c13-8-3-4-11(10(14)6-8)16-12(17)7-9-2-1-5-15-9/h3-4,6,9,15H,1-2,5,7H2,(H,16,17). The van der Waals surface area contributed by atoms with E-state index in [4.69, 9.17) is 11.6 Å². The third-order valence-corrected chi connectivity index (χ3v) is 3.03. The van der Waals surface area contributed by atoms with Crippen LogP contribution in [0, 0.1) is 5.82 Å². The van der Waals surface area contributed by atoms with E-state index < -0.39 is 5.82 Å². The minimum absolute atomic E-state index is 0.175. The number of carbonyl (C=O) groups excluding carboxylic acids is 1. The maximum Gasteiger partial charge on any atom is 0.226 e. The zero-order chi connectivity index (χ0) is 12.3. The predicted molar refractivity (Wildman–Crippen MR) is 65.7 cm³/mol. The van der Waals surface area contributed by atoms with Gasteiger partial charge in [-0.25, -0.2) is 4.39 Å². The second-order valence-electron chi connectivity index (χ2n) is 4.17. The lowest BCUT2D eigenvalue weighted by molar-refractivity contribution is -0.116. The second-order valence-corrected chi connectivity index (χ2v) is 4.61. The van der Waals surface area contributed by atoms with Gasteiger partial charge in [-0.05, 0) is 37.6 Å². The summed E-state index contributed by atoms with van der Waals surface area (Å²) in [6, 6.07) is 4.42. The van der Waals surface area contributed by atoms with E-state index >= 15 is 0 Å². The monoisotopic (exact) mass is 256 g/mol. The van der Waals surface area contributed by atoms with E-state index in [1.54, 1.807) is 6.07 Å². The molecular formula is C12H14ClFN2O. The van der Waals surface area contributed by atoms with Crippen LogP contribution < -0.4 is 10.6 Å². The number of carbonyl (C=O) groups is 1. The summed E-state index contributed by atoms with van der Waals surface area (Å²) in [4.78, 5) is 11.7. The molecule has 1 saturated heterocycles. The molecule has 5 heteroatoms. The van der Waals surface area contributed by atoms with Crippen molar-refractivity contribution < 1.29 is 9.18 Å². The fourth-order valence-corrected chi connectivity index (χ4v) is 2.11. The third kappa shape index (κ3) is 3.41. The van der Waals surface area contributed by atoms with Gasteiger partial charge in [0.15, 0.2) is 0 Å². The molecule has 2 rings (SSSR count). The van der Waals surface area contributed by atoms with Crippen LogP contribution >= 0.6 is 11.6 Å². The van der Waals surface area contributed by atoms with Crippen LogP contribution in [-0.2, 0) is 4.79 Å². The van der Waals surface area contributed by atoms with E-state index in [2.05, 4.69) is 10.6 Å². The first-order valence-electron chi connectivity index (χ1n) is 5.63. The lowest BCUT2D eigenvalue weighted by atomic mass is 10.1. The summed E-state index contributed by atoms with van der Waals surface area (Å²) >= 11 is 5.63. The van der Waals surface area contributed by atoms with Crippen LogP contribution in [0.15, 0.2) is 18.2 Å². The molecule has 1 heterocycles. The normalized spacial score (nSPS) is 19.3. The van der Waals surface area contributed by atoms with Gasteiger partial charge in [-0.3, -0.25) is 4.79 Å². The van der Waals surface area contributed by atoms with Gasteiger partial charge in [0, 0.05) is 17.5 Å². The zero-order valence-electron chi connectivity index (χ0n) is 9.30. The molecule has 1 fully saturated rings. The van der Waals surface area contributed by atoms with Crippen molar-refractivity contribution in [2.45, 2.75) is 25.3 Å². The van der Waals surface area contributed by atoms with Gasteiger partial charge < -0.3 is 10.6 Å². The molecule has 1 amide bonds. The minimum atomic E-state index is -0.509. The van der Waals surface area contributed by atoms with Crippen molar-refractivity contribution in [1.82, 2.24) is 5.32 Å². The Morgan fingerprint density at radius 1 is 1.59 bits per heavy atom. The van der Waals surface area contributed by atoms with Crippen LogP contribution in [0.1, 0.15) is 19.3 Å². The number of anilines is 1. The van der Waals surface area contributed by atoms with E-state index in [0.29, 0.717) is 11.4 Å². The molecule has 0 radical (unpaired) electrons. The number of nitrogens with one attached hydrogen (secondary N) is 2. The van der Waals surface area contributed by atoms with Crippen LogP contribution in [0.4, 0.5) is 10.1 Å². The van der Waals surface area contributed by atoms with Crippen LogP contribution in [0.2, 0.25) is 5.02 Å². The zero-order valence-corrected chi connectivity index (χ0v) is 10.1. The minimum Gasteiger partial charge on any atom is -0.324 e. The van der Waals surface area contributed by atoms with Crippen LogP contribution in [0.25, 0.3) is 0 Å². The van der Waals surface area contributed by atoms with Crippen molar-refractivity contribution in [1.29, 1.82) is 0 Å². The molecule has 1 aromatic carbocycles. The highest BCUT2D eigenvalue weighted by atomic mass is 35.5. The molecule has 0 aromatic heterocycles. The molecule has 1 atom stereocenters. The SMILES string of the molecule is O=C(CC1CCCN1)Nc1ccc(Cl)cc1F. The molecule has 1 aliphatic heterocycles. The van der Waals surface area contributed by atoms with Gasteiger partial charge in [0.1, 0.15) is 5.82 Å². The van der Waals surface area contributed by atoms with Crippen molar-refractivity contribution in [3.05, 3.63) is 29.0 Å². The molecule has 0 saturated carbocycles.